The van der Waals surface area contributed by atoms with Crippen LogP contribution in [0.5, 0.6) is 5.75 Å². The van der Waals surface area contributed by atoms with Crippen LogP contribution in [0.25, 0.3) is 0 Å². The van der Waals surface area contributed by atoms with Crippen LogP contribution in [0, 0.1) is 12.8 Å². The van der Waals surface area contributed by atoms with Crippen molar-refractivity contribution in [3.63, 3.8) is 0 Å². The molecule has 0 atom stereocenters. The van der Waals surface area contributed by atoms with E-state index >= 15 is 0 Å². The summed E-state index contributed by atoms with van der Waals surface area (Å²) in [5, 5.41) is 12.1. The highest BCUT2D eigenvalue weighted by Crippen LogP contribution is 2.26. The molecule has 1 aromatic carbocycles. The molecule has 0 saturated carbocycles. The van der Waals surface area contributed by atoms with Gasteiger partial charge in [0.25, 0.3) is 0 Å². The Morgan fingerprint density at radius 1 is 1.43 bits per heavy atom. The van der Waals surface area contributed by atoms with E-state index in [1.807, 2.05) is 32.0 Å². The van der Waals surface area contributed by atoms with Crippen molar-refractivity contribution in [3.05, 3.63) is 23.8 Å². The van der Waals surface area contributed by atoms with Crippen molar-refractivity contribution in [1.82, 2.24) is 4.90 Å². The molecule has 1 saturated heterocycles. The van der Waals surface area contributed by atoms with Crippen LogP contribution in [-0.2, 0) is 0 Å². The Morgan fingerprint density at radius 2 is 2.14 bits per heavy atom. The summed E-state index contributed by atoms with van der Waals surface area (Å²) < 4.78 is 5.57. The Kier molecular flexibility index (Phi) is 5.44. The second-order valence-electron chi connectivity index (χ2n) is 5.48. The van der Waals surface area contributed by atoms with Gasteiger partial charge in [0.1, 0.15) is 5.75 Å². The van der Waals surface area contributed by atoms with E-state index < -0.39 is 0 Å². The standard InChI is InChI=1S/C16H24N2O3/c1-3-21-15-10-12(2)4-5-14(15)17-16(20)18-8-6-13(11-19)7-9-18/h4-5,10,13,19H,3,6-9,11H2,1-2H3,(H,17,20). The number of likely N-dealkylation sites (tertiary alicyclic amines) is 1. The first-order chi connectivity index (χ1) is 10.1. The molecular weight excluding hydrogens is 268 g/mol. The van der Waals surface area contributed by atoms with E-state index in [0.717, 1.165) is 18.4 Å². The lowest BCUT2D eigenvalue weighted by Gasteiger charge is -2.31. The Morgan fingerprint density at radius 3 is 2.76 bits per heavy atom. The Labute approximate surface area is 125 Å². The maximum Gasteiger partial charge on any atom is 0.321 e. The van der Waals surface area contributed by atoms with Gasteiger partial charge >= 0.3 is 6.03 Å². The third-order valence-corrected chi connectivity index (χ3v) is 3.84. The van der Waals surface area contributed by atoms with Gasteiger partial charge in [0.2, 0.25) is 0 Å². The fraction of sp³-hybridized carbons (Fsp3) is 0.562. The van der Waals surface area contributed by atoms with Gasteiger partial charge in [-0.1, -0.05) is 6.07 Å². The zero-order valence-electron chi connectivity index (χ0n) is 12.8. The average Bonchev–Trinajstić information content (AvgIpc) is 2.50. The molecule has 2 rings (SSSR count). The van der Waals surface area contributed by atoms with E-state index in [0.29, 0.717) is 37.1 Å². The van der Waals surface area contributed by atoms with Crippen molar-refractivity contribution in [3.8, 4) is 5.75 Å². The summed E-state index contributed by atoms with van der Waals surface area (Å²) in [6.45, 7) is 6.07. The Hall–Kier alpha value is -1.75. The van der Waals surface area contributed by atoms with E-state index in [9.17, 15) is 4.79 Å². The number of piperidine rings is 1. The molecule has 1 aliphatic rings. The molecule has 0 aliphatic carbocycles. The fourth-order valence-corrected chi connectivity index (χ4v) is 2.52. The predicted molar refractivity (Wildman–Crippen MR) is 82.7 cm³/mol. The van der Waals surface area contributed by atoms with E-state index in [1.54, 1.807) is 4.90 Å². The Balaban J connectivity index is 1.99. The lowest BCUT2D eigenvalue weighted by atomic mass is 9.98. The maximum atomic E-state index is 12.3. The topological polar surface area (TPSA) is 61.8 Å². The minimum atomic E-state index is -0.101. The molecule has 5 heteroatoms. The first-order valence-electron chi connectivity index (χ1n) is 7.54. The zero-order valence-corrected chi connectivity index (χ0v) is 12.8. The molecule has 0 bridgehead atoms. The second-order valence-corrected chi connectivity index (χ2v) is 5.48. The molecule has 0 spiro atoms. The molecule has 0 unspecified atom stereocenters. The number of carbonyl (C=O) groups excluding carboxylic acids is 1. The van der Waals surface area contributed by atoms with Gasteiger partial charge in [-0.25, -0.2) is 4.79 Å². The van der Waals surface area contributed by atoms with E-state index in [2.05, 4.69) is 5.32 Å². The van der Waals surface area contributed by atoms with E-state index in [-0.39, 0.29) is 12.6 Å². The summed E-state index contributed by atoms with van der Waals surface area (Å²) in [5.41, 5.74) is 1.80. The minimum absolute atomic E-state index is 0.101. The number of anilines is 1. The monoisotopic (exact) mass is 292 g/mol. The summed E-state index contributed by atoms with van der Waals surface area (Å²) in [7, 11) is 0. The molecule has 2 amide bonds. The number of aliphatic hydroxyl groups is 1. The molecule has 0 radical (unpaired) electrons. The van der Waals surface area contributed by atoms with Gasteiger partial charge in [-0.15, -0.1) is 0 Å². The number of nitrogens with zero attached hydrogens (tertiary/aromatic N) is 1. The summed E-state index contributed by atoms with van der Waals surface area (Å²) in [4.78, 5) is 14.1. The molecular formula is C16H24N2O3. The zero-order chi connectivity index (χ0) is 15.2. The highest BCUT2D eigenvalue weighted by molar-refractivity contribution is 5.91. The molecule has 0 aromatic heterocycles. The number of hydrogen-bond donors (Lipinski definition) is 2. The number of aliphatic hydroxyl groups excluding tert-OH is 1. The molecule has 1 aliphatic heterocycles. The number of rotatable bonds is 4. The van der Waals surface area contributed by atoms with Crippen LogP contribution in [0.3, 0.4) is 0 Å². The van der Waals surface area contributed by atoms with Crippen LogP contribution < -0.4 is 10.1 Å². The number of benzene rings is 1. The van der Waals surface area contributed by atoms with Gasteiger partial charge in [-0.05, 0) is 50.3 Å². The van der Waals surface area contributed by atoms with Crippen molar-refractivity contribution in [2.75, 3.05) is 31.6 Å². The quantitative estimate of drug-likeness (QED) is 0.896. The fourth-order valence-electron chi connectivity index (χ4n) is 2.52. The van der Waals surface area contributed by atoms with Crippen LogP contribution in [-0.4, -0.2) is 42.3 Å². The summed E-state index contributed by atoms with van der Waals surface area (Å²) in [6, 6.07) is 5.66. The van der Waals surface area contributed by atoms with Crippen LogP contribution in [0.4, 0.5) is 10.5 Å². The maximum absolute atomic E-state index is 12.3. The normalized spacial score (nSPS) is 15.9. The van der Waals surface area contributed by atoms with Gasteiger partial charge in [0.15, 0.2) is 0 Å². The first kappa shape index (κ1) is 15.6. The van der Waals surface area contributed by atoms with Crippen molar-refractivity contribution in [2.24, 2.45) is 5.92 Å². The third-order valence-electron chi connectivity index (χ3n) is 3.84. The average molecular weight is 292 g/mol. The number of nitrogens with one attached hydrogen (secondary N) is 1. The van der Waals surface area contributed by atoms with Crippen LogP contribution in [0.1, 0.15) is 25.3 Å². The summed E-state index contributed by atoms with van der Waals surface area (Å²) in [5.74, 6) is 1.03. The van der Waals surface area contributed by atoms with Crippen LogP contribution in [0.2, 0.25) is 0 Å². The summed E-state index contributed by atoms with van der Waals surface area (Å²) in [6.07, 6.45) is 1.71. The molecule has 1 heterocycles. The van der Waals surface area contributed by atoms with Crippen molar-refractivity contribution in [2.45, 2.75) is 26.7 Å². The van der Waals surface area contributed by atoms with Crippen molar-refractivity contribution in [1.29, 1.82) is 0 Å². The molecule has 2 N–H and O–H groups in total. The van der Waals surface area contributed by atoms with Gasteiger partial charge < -0.3 is 20.1 Å². The molecule has 116 valence electrons. The van der Waals surface area contributed by atoms with Crippen molar-refractivity contribution >= 4 is 11.7 Å². The number of amides is 2. The molecule has 21 heavy (non-hydrogen) atoms. The van der Waals surface area contributed by atoms with Gasteiger partial charge in [-0.3, -0.25) is 0 Å². The Bertz CT molecular complexity index is 482. The predicted octanol–water partition coefficient (Wildman–Crippen LogP) is 2.63. The molecule has 1 aromatic rings. The molecule has 1 fully saturated rings. The van der Waals surface area contributed by atoms with E-state index in [1.165, 1.54) is 0 Å². The highest BCUT2D eigenvalue weighted by Gasteiger charge is 2.22. The lowest BCUT2D eigenvalue weighted by Crippen LogP contribution is -2.41. The van der Waals surface area contributed by atoms with Crippen molar-refractivity contribution < 1.29 is 14.6 Å². The smallest absolute Gasteiger partial charge is 0.321 e. The van der Waals surface area contributed by atoms with Crippen LogP contribution >= 0.6 is 0 Å². The highest BCUT2D eigenvalue weighted by atomic mass is 16.5. The lowest BCUT2D eigenvalue weighted by molar-refractivity contribution is 0.143. The van der Waals surface area contributed by atoms with E-state index in [4.69, 9.17) is 9.84 Å². The SMILES string of the molecule is CCOc1cc(C)ccc1NC(=O)N1CCC(CO)CC1. The van der Waals surface area contributed by atoms with Crippen LogP contribution in [0.15, 0.2) is 18.2 Å². The third kappa shape index (κ3) is 4.11. The molecule has 5 nitrogen and oxygen atoms in total. The van der Waals surface area contributed by atoms with Gasteiger partial charge in [0, 0.05) is 19.7 Å². The summed E-state index contributed by atoms with van der Waals surface area (Å²) >= 11 is 0. The first-order valence-corrected chi connectivity index (χ1v) is 7.54. The van der Waals surface area contributed by atoms with Gasteiger partial charge in [-0.2, -0.15) is 0 Å². The number of hydrogen-bond acceptors (Lipinski definition) is 3. The number of carbonyl (C=O) groups is 1. The minimum Gasteiger partial charge on any atom is -0.492 e. The number of ether oxygens (including phenoxy) is 1. The largest absolute Gasteiger partial charge is 0.492 e. The second kappa shape index (κ2) is 7.31. The number of urea groups is 1. The number of aryl methyl sites for hydroxylation is 1. The van der Waals surface area contributed by atoms with Gasteiger partial charge in [0.05, 0.1) is 12.3 Å².